The quantitative estimate of drug-likeness (QED) is 0.237. The maximum atomic E-state index is 11.2. The molecule has 0 amide bonds. The van der Waals surface area contributed by atoms with Crippen LogP contribution in [0.5, 0.6) is 0 Å². The van der Waals surface area contributed by atoms with Crippen molar-refractivity contribution in [1.82, 2.24) is 0 Å². The van der Waals surface area contributed by atoms with Crippen LogP contribution in [0, 0.1) is 6.92 Å². The fourth-order valence-corrected chi connectivity index (χ4v) is 4.13. The molecule has 0 aromatic heterocycles. The molecule has 180 valence electrons. The molecule has 0 fully saturated rings. The van der Waals surface area contributed by atoms with E-state index in [9.17, 15) is 5.11 Å². The van der Waals surface area contributed by atoms with Crippen molar-refractivity contribution < 1.29 is 11.3 Å². The van der Waals surface area contributed by atoms with E-state index in [2.05, 4.69) is 77.8 Å². The number of aliphatic hydroxyl groups is 1. The summed E-state index contributed by atoms with van der Waals surface area (Å²) < 4.78 is 5.95. The summed E-state index contributed by atoms with van der Waals surface area (Å²) in [6.07, 6.45) is 3.96. The molecular weight excluding hydrogens is 394 g/mol. The van der Waals surface area contributed by atoms with E-state index in [-0.39, 0.29) is 7.34 Å². The van der Waals surface area contributed by atoms with E-state index in [4.69, 9.17) is 4.74 Å². The van der Waals surface area contributed by atoms with Crippen LogP contribution in [0.15, 0.2) is 71.1 Å². The Bertz CT molecular complexity index is 895. The number of allylic oxidation sites excluding steroid dienone is 5. The first kappa shape index (κ1) is 29.6. The molecule has 0 aliphatic carbocycles. The predicted octanol–water partition coefficient (Wildman–Crippen LogP) is 7.48. The zero-order valence-electron chi connectivity index (χ0n) is 22.0. The maximum absolute atomic E-state index is 11.2. The fraction of sp³-hybridized carbons (Fsp3) is 0.448. The van der Waals surface area contributed by atoms with E-state index < -0.39 is 5.60 Å². The summed E-state index contributed by atoms with van der Waals surface area (Å²) in [6, 6.07) is 6.36. The summed E-state index contributed by atoms with van der Waals surface area (Å²) in [5.41, 5.74) is 12.2. The highest BCUT2D eigenvalue weighted by Gasteiger charge is 2.35. The maximum Gasteiger partial charge on any atom is 0.116 e. The first-order valence-corrected chi connectivity index (χ1v) is 11.3. The van der Waals surface area contributed by atoms with Gasteiger partial charge in [-0.1, -0.05) is 54.7 Å². The van der Waals surface area contributed by atoms with E-state index in [1.165, 1.54) is 12.6 Å². The lowest BCUT2D eigenvalue weighted by molar-refractivity contribution is 0.112. The van der Waals surface area contributed by atoms with Crippen LogP contribution in [-0.2, 0) is 4.74 Å². The normalized spacial score (nSPS) is 13.3. The van der Waals surface area contributed by atoms with E-state index in [1.807, 2.05) is 33.8 Å². The summed E-state index contributed by atoms with van der Waals surface area (Å²) in [4.78, 5) is 0. The van der Waals surface area contributed by atoms with Gasteiger partial charge in [-0.05, 0) is 97.2 Å². The highest BCUT2D eigenvalue weighted by Crippen LogP contribution is 2.45. The van der Waals surface area contributed by atoms with E-state index in [0.717, 1.165) is 39.0 Å². The summed E-state index contributed by atoms with van der Waals surface area (Å²) in [5, 5.41) is 11.2. The predicted molar refractivity (Wildman–Crippen MR) is 144 cm³/mol. The van der Waals surface area contributed by atoms with Gasteiger partial charge in [-0.2, -0.15) is 0 Å². The smallest absolute Gasteiger partial charge is 0.116 e. The van der Waals surface area contributed by atoms with Crippen molar-refractivity contribution in [3.8, 4) is 0 Å². The Morgan fingerprint density at radius 3 is 2.16 bits per heavy atom. The molecule has 0 saturated carbocycles. The molecule has 1 aromatic carbocycles. The van der Waals surface area contributed by atoms with Crippen molar-refractivity contribution in [2.75, 3.05) is 13.7 Å². The zero-order valence-corrected chi connectivity index (χ0v) is 22.0. The third-order valence-electron chi connectivity index (χ3n) is 5.66. The monoisotopic (exact) mass is 441 g/mol. The van der Waals surface area contributed by atoms with E-state index in [0.29, 0.717) is 12.4 Å². The first-order chi connectivity index (χ1) is 14.9. The number of ether oxygens (including phenoxy) is 1. The second kappa shape index (κ2) is 13.2. The minimum Gasteiger partial charge on any atom is -0.494 e. The van der Waals surface area contributed by atoms with Gasteiger partial charge in [-0.25, -0.2) is 0 Å². The summed E-state index contributed by atoms with van der Waals surface area (Å²) in [5.74, 6) is 0.471. The summed E-state index contributed by atoms with van der Waals surface area (Å²) in [6.45, 7) is 26.9. The fourth-order valence-electron chi connectivity index (χ4n) is 4.13. The Labute approximate surface area is 198 Å². The summed E-state index contributed by atoms with van der Waals surface area (Å²) >= 11 is 0. The molecule has 0 aliphatic rings. The molecule has 0 saturated heterocycles. The van der Waals surface area contributed by atoms with Crippen molar-refractivity contribution in [3.63, 3.8) is 0 Å². The third-order valence-corrected chi connectivity index (χ3v) is 5.66. The van der Waals surface area contributed by atoms with Crippen LogP contribution in [0.2, 0.25) is 0 Å². The lowest BCUT2D eigenvalue weighted by Crippen LogP contribution is -2.30. The number of benzene rings is 1. The Morgan fingerprint density at radius 1 is 1.22 bits per heavy atom. The molecule has 0 heterocycles. The number of aryl methyl sites for hydroxylation is 1. The molecule has 1 atom stereocenters. The van der Waals surface area contributed by atoms with Gasteiger partial charge < -0.3 is 15.6 Å². The average molecular weight is 442 g/mol. The molecule has 0 radical (unpaired) electrons. The van der Waals surface area contributed by atoms with Crippen LogP contribution >= 0.6 is 0 Å². The Balaban J connectivity index is 0. The van der Waals surface area contributed by atoms with Gasteiger partial charge in [0.15, 0.2) is 0 Å². The molecular formula is C29H47NO2. The van der Waals surface area contributed by atoms with Crippen molar-refractivity contribution in [3.05, 3.63) is 87.7 Å². The standard InChI is InChI=1S/C28H40O2.CH5N.H2/c1-12-19(6)21(8)25(22(9)30-14-3)26(27(18(4)5)28(10,11)29)24-16-15-23(13-2)17-20(24)7;1-2;/h12-13,15-17,26,29H,2,9,14H2,1,3-8,10-11H3;2H2,1H3;1H/b19-12-,25-21+;;. The number of nitrogens with two attached hydrogens (primary N) is 1. The molecule has 3 nitrogen and oxygen atoms in total. The Hall–Kier alpha value is -2.36. The SMILES string of the molecule is C=Cc1ccc(C(C(=C(C)C)C(C)(C)O)/C(C(=C)OCC)=C(C)/C(C)=C\C)c(C)c1.CN.[HH]. The second-order valence-electron chi connectivity index (χ2n) is 8.59. The van der Waals surface area contributed by atoms with Crippen molar-refractivity contribution in [2.45, 2.75) is 73.8 Å². The molecule has 32 heavy (non-hydrogen) atoms. The van der Waals surface area contributed by atoms with Gasteiger partial charge in [-0.15, -0.1) is 0 Å². The molecule has 0 spiro atoms. The van der Waals surface area contributed by atoms with Gasteiger partial charge in [0.1, 0.15) is 5.76 Å². The minimum absolute atomic E-state index is 0. The molecule has 1 rings (SSSR count). The molecule has 0 aliphatic heterocycles. The van der Waals surface area contributed by atoms with E-state index >= 15 is 0 Å². The molecule has 0 bridgehead atoms. The lowest BCUT2D eigenvalue weighted by Gasteiger charge is -2.35. The van der Waals surface area contributed by atoms with Gasteiger partial charge in [0, 0.05) is 12.9 Å². The molecule has 1 unspecified atom stereocenters. The van der Waals surface area contributed by atoms with Gasteiger partial charge in [0.05, 0.1) is 12.2 Å². The largest absolute Gasteiger partial charge is 0.494 e. The highest BCUT2D eigenvalue weighted by atomic mass is 16.5. The van der Waals surface area contributed by atoms with Crippen LogP contribution in [0.1, 0.15) is 79.4 Å². The van der Waals surface area contributed by atoms with Gasteiger partial charge in [0.25, 0.3) is 0 Å². The van der Waals surface area contributed by atoms with Crippen LogP contribution < -0.4 is 5.73 Å². The van der Waals surface area contributed by atoms with Gasteiger partial charge in [-0.3, -0.25) is 0 Å². The Kier molecular flexibility index (Phi) is 12.3. The van der Waals surface area contributed by atoms with Crippen LogP contribution in [0.3, 0.4) is 0 Å². The third kappa shape index (κ3) is 7.36. The van der Waals surface area contributed by atoms with Gasteiger partial charge in [0.2, 0.25) is 0 Å². The average Bonchev–Trinajstić information content (AvgIpc) is 2.72. The minimum atomic E-state index is -1.01. The number of hydrogen-bond acceptors (Lipinski definition) is 3. The first-order valence-electron chi connectivity index (χ1n) is 11.3. The molecule has 3 heteroatoms. The van der Waals surface area contributed by atoms with Crippen molar-refractivity contribution in [1.29, 1.82) is 0 Å². The number of hydrogen-bond donors (Lipinski definition) is 2. The van der Waals surface area contributed by atoms with Crippen LogP contribution in [0.25, 0.3) is 6.08 Å². The molecule has 3 N–H and O–H groups in total. The van der Waals surface area contributed by atoms with Crippen molar-refractivity contribution in [2.24, 2.45) is 5.73 Å². The van der Waals surface area contributed by atoms with Crippen molar-refractivity contribution >= 4 is 6.08 Å². The van der Waals surface area contributed by atoms with E-state index in [1.54, 1.807) is 0 Å². The summed E-state index contributed by atoms with van der Waals surface area (Å²) in [7, 11) is 1.50. The topological polar surface area (TPSA) is 55.5 Å². The highest BCUT2D eigenvalue weighted by molar-refractivity contribution is 5.58. The van der Waals surface area contributed by atoms with Crippen LogP contribution in [0.4, 0.5) is 0 Å². The zero-order chi connectivity index (χ0) is 25.2. The molecule has 1 aromatic rings. The van der Waals surface area contributed by atoms with Gasteiger partial charge >= 0.3 is 0 Å². The number of rotatable bonds is 9. The van der Waals surface area contributed by atoms with Crippen LogP contribution in [-0.4, -0.2) is 24.4 Å². The lowest BCUT2D eigenvalue weighted by atomic mass is 9.72. The second-order valence-corrected chi connectivity index (χ2v) is 8.59. The Morgan fingerprint density at radius 2 is 1.78 bits per heavy atom.